The third-order valence-electron chi connectivity index (χ3n) is 3.36. The van der Waals surface area contributed by atoms with Crippen molar-refractivity contribution in [3.05, 3.63) is 0 Å². The molecular formula is C11H17NO4. The Balaban J connectivity index is 2.15. The minimum atomic E-state index is -0.914. The van der Waals surface area contributed by atoms with E-state index in [1.54, 1.807) is 4.90 Å². The van der Waals surface area contributed by atoms with Crippen LogP contribution in [0.15, 0.2) is 0 Å². The summed E-state index contributed by atoms with van der Waals surface area (Å²) in [6.45, 7) is 2.56. The van der Waals surface area contributed by atoms with Crippen LogP contribution < -0.4 is 0 Å². The van der Waals surface area contributed by atoms with Crippen molar-refractivity contribution < 1.29 is 19.4 Å². The summed E-state index contributed by atoms with van der Waals surface area (Å²) in [5, 5.41) is 9.11. The molecule has 5 heteroatoms. The molecule has 2 fully saturated rings. The third kappa shape index (κ3) is 1.80. The van der Waals surface area contributed by atoms with Gasteiger partial charge in [-0.05, 0) is 12.8 Å². The van der Waals surface area contributed by atoms with Crippen molar-refractivity contribution in [2.75, 3.05) is 6.61 Å². The lowest BCUT2D eigenvalue weighted by atomic mass is 10.1. The van der Waals surface area contributed by atoms with Crippen LogP contribution in [-0.2, 0) is 14.3 Å². The van der Waals surface area contributed by atoms with Gasteiger partial charge in [-0.25, -0.2) is 4.79 Å². The molecule has 1 amide bonds. The Kier molecular flexibility index (Phi) is 3.14. The van der Waals surface area contributed by atoms with Crippen molar-refractivity contribution in [2.24, 2.45) is 0 Å². The number of ether oxygens (including phenoxy) is 1. The van der Waals surface area contributed by atoms with Crippen LogP contribution in [0.1, 0.15) is 32.6 Å². The van der Waals surface area contributed by atoms with Gasteiger partial charge in [0.2, 0.25) is 5.91 Å². The second-order valence-electron chi connectivity index (χ2n) is 4.41. The molecule has 0 bridgehead atoms. The molecule has 3 unspecified atom stereocenters. The van der Waals surface area contributed by atoms with Gasteiger partial charge < -0.3 is 14.7 Å². The molecular weight excluding hydrogens is 210 g/mol. The zero-order valence-corrected chi connectivity index (χ0v) is 9.39. The van der Waals surface area contributed by atoms with E-state index in [2.05, 4.69) is 0 Å². The summed E-state index contributed by atoms with van der Waals surface area (Å²) in [6.07, 6.45) is 2.31. The van der Waals surface area contributed by atoms with Gasteiger partial charge >= 0.3 is 5.97 Å². The lowest BCUT2D eigenvalue weighted by molar-refractivity contribution is -0.149. The zero-order chi connectivity index (χ0) is 11.7. The van der Waals surface area contributed by atoms with E-state index in [0.717, 1.165) is 12.8 Å². The molecule has 0 aromatic rings. The van der Waals surface area contributed by atoms with Crippen LogP contribution in [0.4, 0.5) is 0 Å². The van der Waals surface area contributed by atoms with Gasteiger partial charge in [-0.1, -0.05) is 6.92 Å². The molecule has 90 valence electrons. The number of amides is 1. The molecule has 2 aliphatic rings. The van der Waals surface area contributed by atoms with Crippen LogP contribution in [0.2, 0.25) is 0 Å². The number of fused-ring (bicyclic) bond motifs is 1. The van der Waals surface area contributed by atoms with Gasteiger partial charge in [0, 0.05) is 19.4 Å². The Labute approximate surface area is 94.4 Å². The topological polar surface area (TPSA) is 66.8 Å². The van der Waals surface area contributed by atoms with E-state index in [4.69, 9.17) is 9.84 Å². The molecule has 0 aromatic carbocycles. The summed E-state index contributed by atoms with van der Waals surface area (Å²) in [6, 6.07) is -0.700. The number of hydrogen-bond acceptors (Lipinski definition) is 3. The van der Waals surface area contributed by atoms with Crippen LogP contribution in [0.5, 0.6) is 0 Å². The number of rotatable bonds is 3. The molecule has 2 saturated heterocycles. The molecule has 2 aliphatic heterocycles. The lowest BCUT2D eigenvalue weighted by Gasteiger charge is -2.26. The molecule has 1 N–H and O–H groups in total. The van der Waals surface area contributed by atoms with Crippen molar-refractivity contribution >= 4 is 11.9 Å². The molecule has 0 spiro atoms. The molecule has 0 aromatic heterocycles. The maximum absolute atomic E-state index is 11.9. The van der Waals surface area contributed by atoms with Crippen molar-refractivity contribution in [1.29, 1.82) is 0 Å². The fraction of sp³-hybridized carbons (Fsp3) is 0.818. The average Bonchev–Trinajstić information content (AvgIpc) is 2.75. The second-order valence-corrected chi connectivity index (χ2v) is 4.41. The Bertz CT molecular complexity index is 304. The molecule has 16 heavy (non-hydrogen) atoms. The average molecular weight is 227 g/mol. The van der Waals surface area contributed by atoms with E-state index in [9.17, 15) is 9.59 Å². The highest BCUT2D eigenvalue weighted by Gasteiger charge is 2.49. The zero-order valence-electron chi connectivity index (χ0n) is 9.39. The van der Waals surface area contributed by atoms with E-state index in [-0.39, 0.29) is 18.1 Å². The van der Waals surface area contributed by atoms with Crippen molar-refractivity contribution in [3.63, 3.8) is 0 Å². The minimum Gasteiger partial charge on any atom is -0.480 e. The van der Waals surface area contributed by atoms with E-state index in [1.807, 2.05) is 6.92 Å². The number of hydrogen-bond donors (Lipinski definition) is 1. The smallest absolute Gasteiger partial charge is 0.326 e. The summed E-state index contributed by atoms with van der Waals surface area (Å²) in [5.74, 6) is -0.963. The molecule has 3 atom stereocenters. The summed E-state index contributed by atoms with van der Waals surface area (Å²) in [4.78, 5) is 24.6. The summed E-state index contributed by atoms with van der Waals surface area (Å²) >= 11 is 0. The van der Waals surface area contributed by atoms with E-state index in [1.165, 1.54) is 0 Å². The molecule has 5 nitrogen and oxygen atoms in total. The molecule has 2 heterocycles. The number of aliphatic carboxylic acids is 1. The number of nitrogens with zero attached hydrogens (tertiary/aromatic N) is 1. The SMILES string of the molecule is CCCC(=O)N1C(C(=O)O)CC2OCCC21. The van der Waals surface area contributed by atoms with Crippen molar-refractivity contribution in [3.8, 4) is 0 Å². The Morgan fingerprint density at radius 3 is 2.88 bits per heavy atom. The van der Waals surface area contributed by atoms with Crippen LogP contribution in [0.3, 0.4) is 0 Å². The number of carbonyl (C=O) groups is 2. The van der Waals surface area contributed by atoms with E-state index in [0.29, 0.717) is 19.4 Å². The van der Waals surface area contributed by atoms with Gasteiger partial charge in [-0.3, -0.25) is 4.79 Å². The Morgan fingerprint density at radius 2 is 2.25 bits per heavy atom. The highest BCUT2D eigenvalue weighted by molar-refractivity contribution is 5.84. The maximum Gasteiger partial charge on any atom is 0.326 e. The minimum absolute atomic E-state index is 0.0138. The predicted molar refractivity (Wildman–Crippen MR) is 55.9 cm³/mol. The first kappa shape index (κ1) is 11.4. The fourth-order valence-electron chi connectivity index (χ4n) is 2.67. The van der Waals surface area contributed by atoms with Crippen molar-refractivity contribution in [1.82, 2.24) is 4.90 Å². The van der Waals surface area contributed by atoms with Gasteiger partial charge in [-0.2, -0.15) is 0 Å². The van der Waals surface area contributed by atoms with Crippen LogP contribution in [0, 0.1) is 0 Å². The molecule has 0 saturated carbocycles. The number of carboxylic acid groups (broad SMARTS) is 1. The third-order valence-corrected chi connectivity index (χ3v) is 3.36. The maximum atomic E-state index is 11.9. The van der Waals surface area contributed by atoms with Gasteiger partial charge in [-0.15, -0.1) is 0 Å². The Morgan fingerprint density at radius 1 is 1.50 bits per heavy atom. The van der Waals surface area contributed by atoms with Gasteiger partial charge in [0.1, 0.15) is 6.04 Å². The van der Waals surface area contributed by atoms with E-state index < -0.39 is 12.0 Å². The van der Waals surface area contributed by atoms with Gasteiger partial charge in [0.05, 0.1) is 12.1 Å². The Hall–Kier alpha value is -1.10. The first-order valence-electron chi connectivity index (χ1n) is 5.80. The number of carboxylic acids is 1. The predicted octanol–water partition coefficient (Wildman–Crippen LogP) is 0.629. The normalized spacial score (nSPS) is 32.8. The van der Waals surface area contributed by atoms with E-state index >= 15 is 0 Å². The summed E-state index contributed by atoms with van der Waals surface area (Å²) in [7, 11) is 0. The van der Waals surface area contributed by atoms with Crippen LogP contribution >= 0.6 is 0 Å². The summed E-state index contributed by atoms with van der Waals surface area (Å²) in [5.41, 5.74) is 0. The highest BCUT2D eigenvalue weighted by Crippen LogP contribution is 2.34. The highest BCUT2D eigenvalue weighted by atomic mass is 16.5. The molecule has 0 radical (unpaired) electrons. The summed E-state index contributed by atoms with van der Waals surface area (Å²) < 4.78 is 5.46. The first-order chi connectivity index (χ1) is 7.65. The van der Waals surface area contributed by atoms with Crippen LogP contribution in [-0.4, -0.2) is 46.7 Å². The van der Waals surface area contributed by atoms with Gasteiger partial charge in [0.25, 0.3) is 0 Å². The lowest BCUT2D eigenvalue weighted by Crippen LogP contribution is -2.45. The quantitative estimate of drug-likeness (QED) is 0.768. The van der Waals surface area contributed by atoms with Crippen molar-refractivity contribution in [2.45, 2.75) is 50.8 Å². The number of carbonyl (C=O) groups excluding carboxylic acids is 1. The molecule has 0 aliphatic carbocycles. The second kappa shape index (κ2) is 4.41. The van der Waals surface area contributed by atoms with Gasteiger partial charge in [0.15, 0.2) is 0 Å². The standard InChI is InChI=1S/C11H17NO4/c1-2-3-10(13)12-7-4-5-16-9(7)6-8(12)11(14)15/h7-9H,2-6H2,1H3,(H,14,15). The van der Waals surface area contributed by atoms with Crippen LogP contribution in [0.25, 0.3) is 0 Å². The monoisotopic (exact) mass is 227 g/mol. The largest absolute Gasteiger partial charge is 0.480 e. The number of likely N-dealkylation sites (tertiary alicyclic amines) is 1. The molecule has 2 rings (SSSR count). The fourth-order valence-corrected chi connectivity index (χ4v) is 2.67. The first-order valence-corrected chi connectivity index (χ1v) is 5.80.